The van der Waals surface area contributed by atoms with E-state index in [0.29, 0.717) is 12.2 Å². The van der Waals surface area contributed by atoms with Crippen LogP contribution < -0.4 is 10.5 Å². The molecule has 1 aromatic carbocycles. The van der Waals surface area contributed by atoms with E-state index in [1.54, 1.807) is 18.2 Å². The summed E-state index contributed by atoms with van der Waals surface area (Å²) in [6.07, 6.45) is 0.563. The van der Waals surface area contributed by atoms with Gasteiger partial charge in [-0.2, -0.15) is 0 Å². The number of phenols is 1. The summed E-state index contributed by atoms with van der Waals surface area (Å²) in [6.45, 7) is -0.0524. The highest BCUT2D eigenvalue weighted by atomic mass is 35.5. The van der Waals surface area contributed by atoms with Crippen molar-refractivity contribution in [3.8, 4) is 11.5 Å². The summed E-state index contributed by atoms with van der Waals surface area (Å²) < 4.78 is 4.95. The first kappa shape index (κ1) is 14.0. The minimum atomic E-state index is -0.274. The highest BCUT2D eigenvalue weighted by Gasteiger charge is 2.06. The molecule has 0 fully saturated rings. The average molecular weight is 234 g/mol. The van der Waals surface area contributed by atoms with Crippen molar-refractivity contribution >= 4 is 12.4 Å². The molecule has 0 aliphatic rings. The Balaban J connectivity index is 0.00000196. The Kier molecular flexibility index (Phi) is 6.08. The molecule has 0 aliphatic heterocycles. The fraction of sp³-hybridized carbons (Fsp3) is 0.400. The first-order chi connectivity index (χ1) is 6.67. The van der Waals surface area contributed by atoms with E-state index in [2.05, 4.69) is 0 Å². The number of aromatic hydroxyl groups is 1. The summed E-state index contributed by atoms with van der Waals surface area (Å²) in [5.74, 6) is 0.529. The number of aliphatic hydroxyl groups excluding tert-OH is 1. The van der Waals surface area contributed by atoms with Crippen LogP contribution in [0.1, 0.15) is 5.56 Å². The lowest BCUT2D eigenvalue weighted by Crippen LogP contribution is -2.26. The smallest absolute Gasteiger partial charge is 0.160 e. The highest BCUT2D eigenvalue weighted by Crippen LogP contribution is 2.26. The second-order valence-electron chi connectivity index (χ2n) is 3.15. The number of aliphatic hydroxyl groups is 1. The maximum atomic E-state index is 9.32. The van der Waals surface area contributed by atoms with Gasteiger partial charge >= 0.3 is 0 Å². The third kappa shape index (κ3) is 3.95. The molecule has 0 bridgehead atoms. The number of ether oxygens (including phenoxy) is 1. The Hall–Kier alpha value is -0.970. The second-order valence-corrected chi connectivity index (χ2v) is 3.15. The molecule has 4 N–H and O–H groups in total. The normalized spacial score (nSPS) is 11.7. The van der Waals surface area contributed by atoms with Crippen LogP contribution >= 0.6 is 12.4 Å². The van der Waals surface area contributed by atoms with Gasteiger partial charge in [-0.25, -0.2) is 0 Å². The van der Waals surface area contributed by atoms with Crippen molar-refractivity contribution in [2.75, 3.05) is 13.7 Å². The Labute approximate surface area is 95.1 Å². The van der Waals surface area contributed by atoms with Crippen LogP contribution in [-0.2, 0) is 6.42 Å². The molecule has 1 atom stereocenters. The van der Waals surface area contributed by atoms with Crippen LogP contribution in [0.15, 0.2) is 18.2 Å². The van der Waals surface area contributed by atoms with Gasteiger partial charge in [0.1, 0.15) is 0 Å². The van der Waals surface area contributed by atoms with Crippen molar-refractivity contribution < 1.29 is 14.9 Å². The highest BCUT2D eigenvalue weighted by molar-refractivity contribution is 5.85. The van der Waals surface area contributed by atoms with Gasteiger partial charge in [0.15, 0.2) is 11.5 Å². The van der Waals surface area contributed by atoms with E-state index < -0.39 is 0 Å². The Morgan fingerprint density at radius 1 is 1.47 bits per heavy atom. The van der Waals surface area contributed by atoms with Crippen LogP contribution in [0.4, 0.5) is 0 Å². The van der Waals surface area contributed by atoms with E-state index >= 15 is 0 Å². The molecule has 4 nitrogen and oxygen atoms in total. The molecule has 5 heteroatoms. The molecule has 0 heterocycles. The van der Waals surface area contributed by atoms with E-state index in [-0.39, 0.29) is 30.8 Å². The monoisotopic (exact) mass is 233 g/mol. The first-order valence-corrected chi connectivity index (χ1v) is 4.39. The number of benzene rings is 1. The van der Waals surface area contributed by atoms with Crippen LogP contribution in [0.2, 0.25) is 0 Å². The topological polar surface area (TPSA) is 75.7 Å². The lowest BCUT2D eigenvalue weighted by molar-refractivity contribution is 0.265. The molecule has 0 spiro atoms. The molecule has 0 aliphatic carbocycles. The van der Waals surface area contributed by atoms with E-state index in [1.165, 1.54) is 7.11 Å². The van der Waals surface area contributed by atoms with Crippen molar-refractivity contribution in [1.29, 1.82) is 0 Å². The van der Waals surface area contributed by atoms with Crippen LogP contribution in [-0.4, -0.2) is 30.0 Å². The van der Waals surface area contributed by atoms with Crippen molar-refractivity contribution in [3.05, 3.63) is 23.8 Å². The van der Waals surface area contributed by atoms with Gasteiger partial charge in [-0.05, 0) is 24.1 Å². The molecule has 15 heavy (non-hydrogen) atoms. The number of hydrogen-bond acceptors (Lipinski definition) is 4. The summed E-state index contributed by atoms with van der Waals surface area (Å²) in [4.78, 5) is 0. The first-order valence-electron chi connectivity index (χ1n) is 4.39. The Bertz CT molecular complexity index is 307. The van der Waals surface area contributed by atoms with Crippen LogP contribution in [0, 0.1) is 0 Å². The Morgan fingerprint density at radius 2 is 2.13 bits per heavy atom. The number of phenolic OH excluding ortho intramolecular Hbond substituents is 1. The van der Waals surface area contributed by atoms with E-state index in [4.69, 9.17) is 15.6 Å². The number of rotatable bonds is 4. The van der Waals surface area contributed by atoms with E-state index in [1.807, 2.05) is 0 Å². The standard InChI is InChI=1S/C10H15NO3.ClH/c1-14-10-5-7(2-3-9(10)13)4-8(11)6-12;/h2-3,5,8,12-13H,4,6,11H2,1H3;1H. The quantitative estimate of drug-likeness (QED) is 0.715. The lowest BCUT2D eigenvalue weighted by atomic mass is 10.1. The van der Waals surface area contributed by atoms with Gasteiger partial charge in [0.05, 0.1) is 13.7 Å². The van der Waals surface area contributed by atoms with E-state index in [9.17, 15) is 5.11 Å². The third-order valence-electron chi connectivity index (χ3n) is 1.98. The van der Waals surface area contributed by atoms with Crippen LogP contribution in [0.3, 0.4) is 0 Å². The molecule has 0 saturated carbocycles. The fourth-order valence-electron chi connectivity index (χ4n) is 1.22. The molecule has 86 valence electrons. The largest absolute Gasteiger partial charge is 0.504 e. The van der Waals surface area contributed by atoms with Crippen molar-refractivity contribution in [2.24, 2.45) is 5.73 Å². The van der Waals surface area contributed by atoms with Gasteiger partial charge in [-0.1, -0.05) is 6.07 Å². The maximum absolute atomic E-state index is 9.32. The molecule has 0 amide bonds. The molecule has 0 saturated heterocycles. The molecular formula is C10H16ClNO3. The van der Waals surface area contributed by atoms with Gasteiger partial charge in [-0.15, -0.1) is 12.4 Å². The molecule has 1 aromatic rings. The predicted octanol–water partition coefficient (Wildman–Crippen LogP) is 0.685. The van der Waals surface area contributed by atoms with Gasteiger partial charge in [-0.3, -0.25) is 0 Å². The summed E-state index contributed by atoms with van der Waals surface area (Å²) in [5.41, 5.74) is 6.51. The number of methoxy groups -OCH3 is 1. The average Bonchev–Trinajstić information content (AvgIpc) is 2.20. The van der Waals surface area contributed by atoms with Gasteiger partial charge < -0.3 is 20.7 Å². The summed E-state index contributed by atoms with van der Waals surface area (Å²) >= 11 is 0. The molecule has 1 unspecified atom stereocenters. The fourth-order valence-corrected chi connectivity index (χ4v) is 1.22. The van der Waals surface area contributed by atoms with Crippen molar-refractivity contribution in [3.63, 3.8) is 0 Å². The van der Waals surface area contributed by atoms with Crippen LogP contribution in [0.25, 0.3) is 0 Å². The number of hydrogen-bond donors (Lipinski definition) is 3. The van der Waals surface area contributed by atoms with Gasteiger partial charge in [0.2, 0.25) is 0 Å². The van der Waals surface area contributed by atoms with Gasteiger partial charge in [0, 0.05) is 6.04 Å². The zero-order valence-electron chi connectivity index (χ0n) is 8.51. The minimum absolute atomic E-state index is 0. The maximum Gasteiger partial charge on any atom is 0.160 e. The lowest BCUT2D eigenvalue weighted by Gasteiger charge is -2.10. The molecule has 0 radical (unpaired) electrons. The zero-order chi connectivity index (χ0) is 10.6. The van der Waals surface area contributed by atoms with Crippen molar-refractivity contribution in [1.82, 2.24) is 0 Å². The van der Waals surface area contributed by atoms with Crippen LogP contribution in [0.5, 0.6) is 11.5 Å². The van der Waals surface area contributed by atoms with Crippen molar-refractivity contribution in [2.45, 2.75) is 12.5 Å². The molecular weight excluding hydrogens is 218 g/mol. The zero-order valence-corrected chi connectivity index (χ0v) is 9.33. The summed E-state index contributed by atoms with van der Waals surface area (Å²) in [5, 5.41) is 18.1. The predicted molar refractivity (Wildman–Crippen MR) is 60.7 cm³/mol. The Morgan fingerprint density at radius 3 is 2.67 bits per heavy atom. The SMILES string of the molecule is COc1cc(CC(N)CO)ccc1O.Cl. The summed E-state index contributed by atoms with van der Waals surface area (Å²) in [6, 6.07) is 4.75. The molecule has 0 aromatic heterocycles. The van der Waals surface area contributed by atoms with E-state index in [0.717, 1.165) is 5.56 Å². The third-order valence-corrected chi connectivity index (χ3v) is 1.98. The minimum Gasteiger partial charge on any atom is -0.504 e. The second kappa shape index (κ2) is 6.50. The van der Waals surface area contributed by atoms with Gasteiger partial charge in [0.25, 0.3) is 0 Å². The number of halogens is 1. The number of nitrogens with two attached hydrogens (primary N) is 1. The summed E-state index contributed by atoms with van der Waals surface area (Å²) in [7, 11) is 1.49. The molecule has 1 rings (SSSR count).